The minimum atomic E-state index is -3.34. The highest BCUT2D eigenvalue weighted by Gasteiger charge is 2.33. The fourth-order valence-corrected chi connectivity index (χ4v) is 4.77. The molecule has 1 aromatic rings. The fraction of sp³-hybridized carbons (Fsp3) is 0.647. The number of nitrogens with zero attached hydrogens (tertiary/aromatic N) is 3. The smallest absolute Gasteiger partial charge is 0.282 e. The van der Waals surface area contributed by atoms with E-state index >= 15 is 0 Å². The topological polar surface area (TPSA) is 62.3 Å². The number of rotatable bonds is 6. The van der Waals surface area contributed by atoms with Gasteiger partial charge in [0.25, 0.3) is 10.2 Å². The predicted octanol–water partition coefficient (Wildman–Crippen LogP) is 0.432. The molecule has 0 radical (unpaired) electrons. The standard InChI is InChI=1S/C17H27N3O4S/c1-23-17-4-2-16(3-5-17)6-7-18-8-10-19(11-9-18)25(21,22)20-12-14-24-15-13-20/h2-5H,6-15H2,1H3. The van der Waals surface area contributed by atoms with E-state index in [4.69, 9.17) is 9.47 Å². The third-order valence-corrected chi connectivity index (χ3v) is 6.87. The molecule has 0 saturated carbocycles. The van der Waals surface area contributed by atoms with Crippen LogP contribution in [0.2, 0.25) is 0 Å². The molecule has 2 saturated heterocycles. The zero-order valence-electron chi connectivity index (χ0n) is 14.8. The number of piperazine rings is 1. The molecule has 0 atom stereocenters. The highest BCUT2D eigenvalue weighted by Crippen LogP contribution is 2.15. The summed E-state index contributed by atoms with van der Waals surface area (Å²) < 4.78 is 38.9. The Labute approximate surface area is 150 Å². The van der Waals surface area contributed by atoms with Gasteiger partial charge in [0.05, 0.1) is 20.3 Å². The summed E-state index contributed by atoms with van der Waals surface area (Å²) in [5.41, 5.74) is 1.27. The highest BCUT2D eigenvalue weighted by molar-refractivity contribution is 7.86. The molecule has 2 aliphatic heterocycles. The molecule has 0 unspecified atom stereocenters. The third kappa shape index (κ3) is 4.71. The Morgan fingerprint density at radius 3 is 2.16 bits per heavy atom. The minimum Gasteiger partial charge on any atom is -0.497 e. The average Bonchev–Trinajstić information content (AvgIpc) is 2.68. The lowest BCUT2D eigenvalue weighted by atomic mass is 10.1. The summed E-state index contributed by atoms with van der Waals surface area (Å²) in [6, 6.07) is 8.11. The maximum atomic E-state index is 12.7. The van der Waals surface area contributed by atoms with Gasteiger partial charge in [-0.3, -0.25) is 0 Å². The van der Waals surface area contributed by atoms with Crippen LogP contribution in [-0.4, -0.2) is 88.1 Å². The van der Waals surface area contributed by atoms with Crippen LogP contribution >= 0.6 is 0 Å². The lowest BCUT2D eigenvalue weighted by Gasteiger charge is -2.37. The van der Waals surface area contributed by atoms with E-state index in [2.05, 4.69) is 17.0 Å². The van der Waals surface area contributed by atoms with Crippen molar-refractivity contribution in [1.29, 1.82) is 0 Å². The van der Waals surface area contributed by atoms with E-state index in [1.807, 2.05) is 12.1 Å². The van der Waals surface area contributed by atoms with Crippen molar-refractivity contribution in [2.45, 2.75) is 6.42 Å². The van der Waals surface area contributed by atoms with Crippen molar-refractivity contribution < 1.29 is 17.9 Å². The lowest BCUT2D eigenvalue weighted by molar-refractivity contribution is 0.0685. The number of methoxy groups -OCH3 is 1. The van der Waals surface area contributed by atoms with Crippen molar-refractivity contribution in [3.63, 3.8) is 0 Å². The van der Waals surface area contributed by atoms with Gasteiger partial charge in [0, 0.05) is 45.8 Å². The van der Waals surface area contributed by atoms with E-state index in [9.17, 15) is 8.42 Å². The number of hydrogen-bond donors (Lipinski definition) is 0. The Hall–Kier alpha value is -1.19. The lowest BCUT2D eigenvalue weighted by Crippen LogP contribution is -2.55. The fourth-order valence-electron chi connectivity index (χ4n) is 3.20. The van der Waals surface area contributed by atoms with Gasteiger partial charge in [-0.05, 0) is 24.1 Å². The van der Waals surface area contributed by atoms with Crippen LogP contribution in [0.25, 0.3) is 0 Å². The Morgan fingerprint density at radius 2 is 1.56 bits per heavy atom. The van der Waals surface area contributed by atoms with Crippen molar-refractivity contribution in [3.05, 3.63) is 29.8 Å². The zero-order chi connectivity index (χ0) is 17.7. The van der Waals surface area contributed by atoms with Crippen LogP contribution in [0.15, 0.2) is 24.3 Å². The molecular weight excluding hydrogens is 342 g/mol. The van der Waals surface area contributed by atoms with Crippen molar-refractivity contribution in [2.75, 3.05) is 66.1 Å². The predicted molar refractivity (Wildman–Crippen MR) is 96.0 cm³/mol. The van der Waals surface area contributed by atoms with Crippen LogP contribution in [0, 0.1) is 0 Å². The minimum absolute atomic E-state index is 0.458. The van der Waals surface area contributed by atoms with Crippen molar-refractivity contribution >= 4 is 10.2 Å². The SMILES string of the molecule is COc1ccc(CCN2CCN(S(=O)(=O)N3CCOCC3)CC2)cc1. The van der Waals surface area contributed by atoms with Crippen LogP contribution in [0.5, 0.6) is 5.75 Å². The van der Waals surface area contributed by atoms with Gasteiger partial charge < -0.3 is 14.4 Å². The van der Waals surface area contributed by atoms with Gasteiger partial charge in [0.1, 0.15) is 5.75 Å². The summed E-state index contributed by atoms with van der Waals surface area (Å²) in [5.74, 6) is 0.866. The maximum absolute atomic E-state index is 12.7. The number of hydrogen-bond acceptors (Lipinski definition) is 5. The second-order valence-corrected chi connectivity index (χ2v) is 8.29. The first-order chi connectivity index (χ1) is 12.1. The molecule has 0 bridgehead atoms. The zero-order valence-corrected chi connectivity index (χ0v) is 15.6. The van der Waals surface area contributed by atoms with Gasteiger partial charge in [-0.15, -0.1) is 0 Å². The summed E-state index contributed by atoms with van der Waals surface area (Å²) in [4.78, 5) is 2.33. The monoisotopic (exact) mass is 369 g/mol. The molecule has 3 rings (SSSR count). The van der Waals surface area contributed by atoms with E-state index in [1.54, 1.807) is 15.7 Å². The molecule has 140 valence electrons. The Kier molecular flexibility index (Phi) is 6.29. The number of benzene rings is 1. The molecule has 0 spiro atoms. The summed E-state index contributed by atoms with van der Waals surface area (Å²) in [6.07, 6.45) is 0.959. The Morgan fingerprint density at radius 1 is 0.960 bits per heavy atom. The van der Waals surface area contributed by atoms with Crippen LogP contribution < -0.4 is 4.74 Å². The van der Waals surface area contributed by atoms with Crippen molar-refractivity contribution in [3.8, 4) is 5.75 Å². The first-order valence-corrected chi connectivity index (χ1v) is 10.2. The van der Waals surface area contributed by atoms with Crippen LogP contribution in [0.3, 0.4) is 0 Å². The molecule has 2 fully saturated rings. The Balaban J connectivity index is 1.46. The molecular formula is C17H27N3O4S. The molecule has 0 aliphatic carbocycles. The van der Waals surface area contributed by atoms with Gasteiger partial charge in [-0.2, -0.15) is 17.0 Å². The number of ether oxygens (including phenoxy) is 2. The largest absolute Gasteiger partial charge is 0.497 e. The second kappa shape index (κ2) is 8.46. The van der Waals surface area contributed by atoms with Crippen LogP contribution in [0.1, 0.15) is 5.56 Å². The van der Waals surface area contributed by atoms with E-state index in [-0.39, 0.29) is 0 Å². The molecule has 7 nitrogen and oxygen atoms in total. The van der Waals surface area contributed by atoms with E-state index in [0.717, 1.165) is 31.8 Å². The number of morpholine rings is 1. The van der Waals surface area contributed by atoms with Crippen molar-refractivity contribution in [2.24, 2.45) is 0 Å². The molecule has 2 aliphatic rings. The Bertz CT molecular complexity index is 636. The first-order valence-electron chi connectivity index (χ1n) is 8.78. The van der Waals surface area contributed by atoms with E-state index in [0.29, 0.717) is 39.4 Å². The molecule has 8 heteroatoms. The first kappa shape index (κ1) is 18.6. The molecule has 0 aromatic heterocycles. The second-order valence-electron chi connectivity index (χ2n) is 6.36. The van der Waals surface area contributed by atoms with Crippen LogP contribution in [0.4, 0.5) is 0 Å². The summed E-state index contributed by atoms with van der Waals surface area (Å²) >= 11 is 0. The highest BCUT2D eigenvalue weighted by atomic mass is 32.2. The molecule has 2 heterocycles. The van der Waals surface area contributed by atoms with Crippen molar-refractivity contribution in [1.82, 2.24) is 13.5 Å². The molecule has 1 aromatic carbocycles. The molecule has 0 amide bonds. The van der Waals surface area contributed by atoms with Gasteiger partial charge in [0.15, 0.2) is 0 Å². The van der Waals surface area contributed by atoms with Gasteiger partial charge in [-0.25, -0.2) is 0 Å². The quantitative estimate of drug-likeness (QED) is 0.728. The summed E-state index contributed by atoms with van der Waals surface area (Å²) in [6.45, 7) is 5.50. The molecule has 25 heavy (non-hydrogen) atoms. The average molecular weight is 369 g/mol. The maximum Gasteiger partial charge on any atom is 0.282 e. The normalized spacial score (nSPS) is 21.3. The van der Waals surface area contributed by atoms with E-state index < -0.39 is 10.2 Å². The summed E-state index contributed by atoms with van der Waals surface area (Å²) in [5, 5.41) is 0. The van der Waals surface area contributed by atoms with Gasteiger partial charge in [-0.1, -0.05) is 12.1 Å². The molecule has 0 N–H and O–H groups in total. The van der Waals surface area contributed by atoms with Crippen LogP contribution in [-0.2, 0) is 21.4 Å². The van der Waals surface area contributed by atoms with E-state index in [1.165, 1.54) is 5.56 Å². The summed E-state index contributed by atoms with van der Waals surface area (Å²) in [7, 11) is -1.67. The van der Waals surface area contributed by atoms with Gasteiger partial charge in [0.2, 0.25) is 0 Å². The van der Waals surface area contributed by atoms with Gasteiger partial charge >= 0.3 is 0 Å². The third-order valence-electron chi connectivity index (χ3n) is 4.83.